The topological polar surface area (TPSA) is 110 Å². The van der Waals surface area contributed by atoms with E-state index in [1.807, 2.05) is 0 Å². The maximum atomic E-state index is 12.4. The average molecular weight is 626 g/mol. The molecule has 0 saturated carbocycles. The van der Waals surface area contributed by atoms with Crippen LogP contribution in [-0.2, 0) is 4.79 Å². The van der Waals surface area contributed by atoms with Crippen LogP contribution in [0.4, 0.5) is 0 Å². The van der Waals surface area contributed by atoms with Crippen molar-refractivity contribution >= 4 is 5.91 Å². The zero-order valence-corrected chi connectivity index (χ0v) is 29.2. The molecule has 4 atom stereocenters. The van der Waals surface area contributed by atoms with E-state index in [2.05, 4.69) is 31.3 Å². The first kappa shape index (κ1) is 43.0. The third-order valence-electron chi connectivity index (χ3n) is 8.98. The Morgan fingerprint density at radius 2 is 0.909 bits per heavy atom. The highest BCUT2D eigenvalue weighted by Gasteiger charge is 2.28. The Hall–Kier alpha value is -0.950. The molecule has 0 aromatic rings. The summed E-state index contributed by atoms with van der Waals surface area (Å²) in [4.78, 5) is 12.4. The second-order valence-corrected chi connectivity index (χ2v) is 13.3. The number of hydrogen-bond donors (Lipinski definition) is 5. The Morgan fingerprint density at radius 3 is 1.32 bits per heavy atom. The van der Waals surface area contributed by atoms with Gasteiger partial charge in [0.25, 0.3) is 0 Å². The minimum absolute atomic E-state index is 0.371. The summed E-state index contributed by atoms with van der Waals surface area (Å²) in [5.74, 6) is -0.587. The van der Waals surface area contributed by atoms with Crippen LogP contribution >= 0.6 is 0 Å². The van der Waals surface area contributed by atoms with Crippen molar-refractivity contribution in [1.82, 2.24) is 5.32 Å². The molecule has 0 aromatic carbocycles. The number of allylic oxidation sites excluding steroid dienone is 2. The fraction of sp³-hybridized carbons (Fsp3) is 0.921. The molecular weight excluding hydrogens is 550 g/mol. The third-order valence-corrected chi connectivity index (χ3v) is 8.98. The minimum atomic E-state index is -1.26. The number of carbonyl (C=O) groups is 1. The Labute approximate surface area is 272 Å². The second kappa shape index (κ2) is 33.4. The van der Waals surface area contributed by atoms with Gasteiger partial charge in [0.1, 0.15) is 12.2 Å². The van der Waals surface area contributed by atoms with Gasteiger partial charge >= 0.3 is 0 Å². The standard InChI is InChI=1S/C38H75NO5/c1-3-5-7-9-11-13-15-17-18-19-20-22-23-25-27-29-31-35(41)37(43)34(33-40)39-38(44)36(42)32-30-28-26-24-21-16-14-12-10-8-6-4-2/h17-18,34-37,40-43H,3-16,19-33H2,1-2H3,(H,39,44)/t34-,35+,36+,37-/m0/s1. The molecule has 0 fully saturated rings. The van der Waals surface area contributed by atoms with Crippen molar-refractivity contribution in [3.05, 3.63) is 12.2 Å². The lowest BCUT2D eigenvalue weighted by molar-refractivity contribution is -0.132. The van der Waals surface area contributed by atoms with Gasteiger partial charge in [-0.05, 0) is 38.5 Å². The van der Waals surface area contributed by atoms with E-state index in [0.29, 0.717) is 12.8 Å². The molecule has 0 radical (unpaired) electrons. The number of aliphatic hydroxyl groups is 4. The highest BCUT2D eigenvalue weighted by Crippen LogP contribution is 2.15. The van der Waals surface area contributed by atoms with Crippen LogP contribution < -0.4 is 5.32 Å². The number of nitrogens with one attached hydrogen (secondary N) is 1. The molecule has 0 aliphatic heterocycles. The number of carbonyl (C=O) groups excluding carboxylic acids is 1. The van der Waals surface area contributed by atoms with E-state index < -0.39 is 36.9 Å². The van der Waals surface area contributed by atoms with Crippen LogP contribution in [0.5, 0.6) is 0 Å². The largest absolute Gasteiger partial charge is 0.394 e. The smallest absolute Gasteiger partial charge is 0.249 e. The lowest BCUT2D eigenvalue weighted by Crippen LogP contribution is -2.53. The van der Waals surface area contributed by atoms with Gasteiger partial charge < -0.3 is 25.7 Å². The van der Waals surface area contributed by atoms with Crippen LogP contribution in [0.1, 0.15) is 194 Å². The molecule has 1 amide bonds. The Kier molecular flexibility index (Phi) is 32.7. The van der Waals surface area contributed by atoms with E-state index in [1.165, 1.54) is 122 Å². The SMILES string of the molecule is CCCCCCCCC=CCCCCCCCC[C@@H](O)[C@@H](O)[C@H](CO)NC(=O)[C@H](O)CCCCCCCCCCCCCC. The van der Waals surface area contributed by atoms with Gasteiger partial charge in [-0.25, -0.2) is 0 Å². The number of unbranched alkanes of at least 4 members (excludes halogenated alkanes) is 23. The number of rotatable bonds is 34. The van der Waals surface area contributed by atoms with Crippen LogP contribution in [0.2, 0.25) is 0 Å². The Balaban J connectivity index is 3.81. The van der Waals surface area contributed by atoms with E-state index >= 15 is 0 Å². The van der Waals surface area contributed by atoms with Gasteiger partial charge in [0.15, 0.2) is 0 Å². The lowest BCUT2D eigenvalue weighted by atomic mass is 9.99. The molecule has 0 spiro atoms. The molecule has 0 bridgehead atoms. The molecule has 5 N–H and O–H groups in total. The molecule has 0 rings (SSSR count). The predicted octanol–water partition coefficient (Wildman–Crippen LogP) is 9.07. The van der Waals surface area contributed by atoms with E-state index in [4.69, 9.17) is 0 Å². The highest BCUT2D eigenvalue weighted by molar-refractivity contribution is 5.80. The van der Waals surface area contributed by atoms with Gasteiger partial charge in [-0.3, -0.25) is 4.79 Å². The van der Waals surface area contributed by atoms with Gasteiger partial charge in [-0.1, -0.05) is 167 Å². The fourth-order valence-electron chi connectivity index (χ4n) is 5.87. The number of amides is 1. The van der Waals surface area contributed by atoms with Gasteiger partial charge in [-0.2, -0.15) is 0 Å². The molecule has 44 heavy (non-hydrogen) atoms. The van der Waals surface area contributed by atoms with Crippen LogP contribution in [0.3, 0.4) is 0 Å². The molecule has 0 aliphatic carbocycles. The number of aliphatic hydroxyl groups excluding tert-OH is 4. The summed E-state index contributed by atoms with van der Waals surface area (Å²) >= 11 is 0. The summed E-state index contributed by atoms with van der Waals surface area (Å²) < 4.78 is 0. The maximum Gasteiger partial charge on any atom is 0.249 e. The molecule has 0 aromatic heterocycles. The quantitative estimate of drug-likeness (QED) is 0.0362. The van der Waals surface area contributed by atoms with Gasteiger partial charge in [0, 0.05) is 0 Å². The zero-order chi connectivity index (χ0) is 32.5. The highest BCUT2D eigenvalue weighted by atomic mass is 16.3. The lowest BCUT2D eigenvalue weighted by Gasteiger charge is -2.27. The van der Waals surface area contributed by atoms with Crippen molar-refractivity contribution in [2.45, 2.75) is 218 Å². The molecule has 0 aliphatic rings. The molecular formula is C38H75NO5. The second-order valence-electron chi connectivity index (χ2n) is 13.3. The van der Waals surface area contributed by atoms with Gasteiger partial charge in [0.05, 0.1) is 18.8 Å². The molecule has 262 valence electrons. The first-order chi connectivity index (χ1) is 21.5. The molecule has 6 heteroatoms. The summed E-state index contributed by atoms with van der Waals surface area (Å²) in [7, 11) is 0. The van der Waals surface area contributed by atoms with Crippen molar-refractivity contribution in [3.63, 3.8) is 0 Å². The molecule has 6 nitrogen and oxygen atoms in total. The Morgan fingerprint density at radius 1 is 0.545 bits per heavy atom. The maximum absolute atomic E-state index is 12.4. The molecule has 0 saturated heterocycles. The predicted molar refractivity (Wildman–Crippen MR) is 187 cm³/mol. The summed E-state index contributed by atoms with van der Waals surface area (Å²) in [6.07, 6.45) is 33.7. The average Bonchev–Trinajstić information content (AvgIpc) is 3.03. The van der Waals surface area contributed by atoms with Crippen molar-refractivity contribution in [1.29, 1.82) is 0 Å². The van der Waals surface area contributed by atoms with Gasteiger partial charge in [-0.15, -0.1) is 0 Å². The van der Waals surface area contributed by atoms with Crippen LogP contribution in [-0.4, -0.2) is 57.3 Å². The van der Waals surface area contributed by atoms with Crippen LogP contribution in [0.25, 0.3) is 0 Å². The monoisotopic (exact) mass is 626 g/mol. The number of hydrogen-bond acceptors (Lipinski definition) is 5. The molecule has 0 unspecified atom stereocenters. The summed E-state index contributed by atoms with van der Waals surface area (Å²) in [6, 6.07) is -0.983. The fourth-order valence-corrected chi connectivity index (χ4v) is 5.87. The van der Waals surface area contributed by atoms with Crippen LogP contribution in [0.15, 0.2) is 12.2 Å². The zero-order valence-electron chi connectivity index (χ0n) is 29.2. The van der Waals surface area contributed by atoms with Gasteiger partial charge in [0.2, 0.25) is 5.91 Å². The van der Waals surface area contributed by atoms with E-state index in [1.54, 1.807) is 0 Å². The minimum Gasteiger partial charge on any atom is -0.394 e. The van der Waals surface area contributed by atoms with Crippen molar-refractivity contribution in [3.8, 4) is 0 Å². The van der Waals surface area contributed by atoms with E-state index in [0.717, 1.165) is 44.9 Å². The van der Waals surface area contributed by atoms with E-state index in [9.17, 15) is 25.2 Å². The summed E-state index contributed by atoms with van der Waals surface area (Å²) in [6.45, 7) is 4.02. The third kappa shape index (κ3) is 27.4. The van der Waals surface area contributed by atoms with Crippen molar-refractivity contribution < 1.29 is 25.2 Å². The Bertz CT molecular complexity index is 628. The first-order valence-corrected chi connectivity index (χ1v) is 19.1. The summed E-state index contributed by atoms with van der Waals surface area (Å²) in [5, 5.41) is 43.4. The summed E-state index contributed by atoms with van der Waals surface area (Å²) in [5.41, 5.74) is 0. The van der Waals surface area contributed by atoms with Crippen LogP contribution in [0, 0.1) is 0 Å². The van der Waals surface area contributed by atoms with E-state index in [-0.39, 0.29) is 0 Å². The normalized spacial score (nSPS) is 14.6. The van der Waals surface area contributed by atoms with Crippen molar-refractivity contribution in [2.75, 3.05) is 6.61 Å². The van der Waals surface area contributed by atoms with Crippen molar-refractivity contribution in [2.24, 2.45) is 0 Å². The molecule has 0 heterocycles. The first-order valence-electron chi connectivity index (χ1n) is 19.1.